The van der Waals surface area contributed by atoms with Crippen LogP contribution in [0, 0.1) is 5.82 Å². The topological polar surface area (TPSA) is 127 Å². The fraction of sp³-hybridized carbons (Fsp3) is 0.364. The molecule has 0 fully saturated rings. The van der Waals surface area contributed by atoms with Crippen LogP contribution < -0.4 is 15.8 Å². The number of carbonyl (C=O) groups is 1. The standard InChI is InChI=1S/C22H27FN4O4S/c1-3-32(29,30)27-20-15(7-5-4-6-12-24)13-17-18(21(28)25-2)19(31-22(17)26-20)14-8-10-16(23)11-9-14/h8-11,13H,3-7,12,24H2,1-2H3,(H,25,28)(H,26,27). The molecule has 0 unspecified atom stereocenters. The Hall–Kier alpha value is -2.98. The predicted octanol–water partition coefficient (Wildman–Crippen LogP) is 3.43. The van der Waals surface area contributed by atoms with E-state index in [1.807, 2.05) is 0 Å². The van der Waals surface area contributed by atoms with Gasteiger partial charge in [-0.05, 0) is 68.6 Å². The smallest absolute Gasteiger partial charge is 0.255 e. The second kappa shape index (κ2) is 10.1. The van der Waals surface area contributed by atoms with Crippen LogP contribution in [0.15, 0.2) is 34.7 Å². The lowest BCUT2D eigenvalue weighted by Gasteiger charge is -2.11. The molecule has 0 saturated carbocycles. The summed E-state index contributed by atoms with van der Waals surface area (Å²) < 4.78 is 46.2. The van der Waals surface area contributed by atoms with E-state index in [-0.39, 0.29) is 34.5 Å². The van der Waals surface area contributed by atoms with Crippen molar-refractivity contribution in [1.29, 1.82) is 0 Å². The van der Waals surface area contributed by atoms with E-state index in [0.29, 0.717) is 29.5 Å². The Kier molecular flexibility index (Phi) is 7.47. The molecule has 3 aromatic rings. The Bertz CT molecular complexity index is 1210. The minimum atomic E-state index is -3.58. The number of hydrogen-bond donors (Lipinski definition) is 3. The number of aryl methyl sites for hydroxylation is 1. The lowest BCUT2D eigenvalue weighted by Crippen LogP contribution is -2.19. The maximum atomic E-state index is 13.4. The second-order valence-electron chi connectivity index (χ2n) is 7.35. The van der Waals surface area contributed by atoms with Crippen LogP contribution >= 0.6 is 0 Å². The van der Waals surface area contributed by atoms with Crippen LogP contribution in [0.2, 0.25) is 0 Å². The van der Waals surface area contributed by atoms with Gasteiger partial charge in [0.15, 0.2) is 0 Å². The molecule has 0 aliphatic heterocycles. The van der Waals surface area contributed by atoms with Crippen molar-refractivity contribution in [3.05, 3.63) is 47.3 Å². The zero-order valence-electron chi connectivity index (χ0n) is 18.1. The van der Waals surface area contributed by atoms with E-state index in [9.17, 15) is 17.6 Å². The summed E-state index contributed by atoms with van der Waals surface area (Å²) in [6.45, 7) is 2.11. The average Bonchev–Trinajstić information content (AvgIpc) is 3.14. The molecule has 0 spiro atoms. The summed E-state index contributed by atoms with van der Waals surface area (Å²) in [7, 11) is -2.07. The number of anilines is 1. The van der Waals surface area contributed by atoms with Crippen molar-refractivity contribution in [2.75, 3.05) is 24.1 Å². The van der Waals surface area contributed by atoms with Gasteiger partial charge >= 0.3 is 0 Å². The van der Waals surface area contributed by atoms with Crippen molar-refractivity contribution in [2.45, 2.75) is 32.6 Å². The SMILES string of the molecule is CCS(=O)(=O)Nc1nc2oc(-c3ccc(F)cc3)c(C(=O)NC)c2cc1CCCCCN. The van der Waals surface area contributed by atoms with E-state index in [2.05, 4.69) is 15.0 Å². The van der Waals surface area contributed by atoms with Crippen molar-refractivity contribution >= 4 is 32.8 Å². The van der Waals surface area contributed by atoms with Crippen LogP contribution in [0.4, 0.5) is 10.2 Å². The number of rotatable bonds is 10. The molecule has 1 aromatic carbocycles. The largest absolute Gasteiger partial charge is 0.437 e. The van der Waals surface area contributed by atoms with Gasteiger partial charge in [-0.15, -0.1) is 0 Å². The number of sulfonamides is 1. The maximum Gasteiger partial charge on any atom is 0.255 e. The van der Waals surface area contributed by atoms with E-state index >= 15 is 0 Å². The normalized spacial score (nSPS) is 11.6. The maximum absolute atomic E-state index is 13.4. The van der Waals surface area contributed by atoms with E-state index in [0.717, 1.165) is 19.3 Å². The van der Waals surface area contributed by atoms with E-state index in [4.69, 9.17) is 10.2 Å². The first-order chi connectivity index (χ1) is 15.3. The van der Waals surface area contributed by atoms with Gasteiger partial charge in [0, 0.05) is 12.6 Å². The Balaban J connectivity index is 2.18. The monoisotopic (exact) mass is 462 g/mol. The number of nitrogens with zero attached hydrogens (tertiary/aromatic N) is 1. The highest BCUT2D eigenvalue weighted by Crippen LogP contribution is 2.35. The van der Waals surface area contributed by atoms with Crippen molar-refractivity contribution < 1.29 is 22.0 Å². The van der Waals surface area contributed by atoms with Crippen LogP contribution in [-0.4, -0.2) is 38.7 Å². The van der Waals surface area contributed by atoms with E-state index < -0.39 is 15.8 Å². The number of pyridine rings is 1. The zero-order chi connectivity index (χ0) is 23.3. The highest BCUT2D eigenvalue weighted by molar-refractivity contribution is 7.92. The minimum absolute atomic E-state index is 0.109. The fourth-order valence-corrected chi connectivity index (χ4v) is 3.97. The molecule has 0 radical (unpaired) electrons. The second-order valence-corrected chi connectivity index (χ2v) is 9.36. The summed E-state index contributed by atoms with van der Waals surface area (Å²) in [5, 5.41) is 3.05. The molecule has 3 rings (SSSR count). The molecule has 0 aliphatic rings. The van der Waals surface area contributed by atoms with Gasteiger partial charge in [-0.2, -0.15) is 4.98 Å². The third kappa shape index (κ3) is 5.25. The lowest BCUT2D eigenvalue weighted by molar-refractivity contribution is 0.0964. The molecular weight excluding hydrogens is 435 g/mol. The molecule has 4 N–H and O–H groups in total. The zero-order valence-corrected chi connectivity index (χ0v) is 18.9. The predicted molar refractivity (Wildman–Crippen MR) is 122 cm³/mol. The summed E-state index contributed by atoms with van der Waals surface area (Å²) in [6, 6.07) is 7.29. The quantitative estimate of drug-likeness (QED) is 0.396. The van der Waals surface area contributed by atoms with Gasteiger partial charge in [-0.25, -0.2) is 12.8 Å². The number of hydrogen-bond acceptors (Lipinski definition) is 6. The highest BCUT2D eigenvalue weighted by atomic mass is 32.2. The summed E-state index contributed by atoms with van der Waals surface area (Å²) in [5.41, 5.74) is 7.10. The van der Waals surface area contributed by atoms with Crippen LogP contribution in [0.1, 0.15) is 42.1 Å². The number of benzene rings is 1. The van der Waals surface area contributed by atoms with Crippen molar-refractivity contribution in [3.8, 4) is 11.3 Å². The number of carbonyl (C=O) groups excluding carboxylic acids is 1. The fourth-order valence-electron chi connectivity index (χ4n) is 3.35. The molecule has 172 valence electrons. The van der Waals surface area contributed by atoms with Gasteiger partial charge in [0.25, 0.3) is 5.91 Å². The van der Waals surface area contributed by atoms with E-state index in [1.165, 1.54) is 38.2 Å². The summed E-state index contributed by atoms with van der Waals surface area (Å²) in [5.74, 6) is -0.505. The van der Waals surface area contributed by atoms with Crippen LogP contribution in [-0.2, 0) is 16.4 Å². The number of furan rings is 1. The molecule has 0 bridgehead atoms. The Labute approximate surface area is 186 Å². The van der Waals surface area contributed by atoms with Crippen LogP contribution in [0.3, 0.4) is 0 Å². The molecule has 2 aromatic heterocycles. The first-order valence-corrected chi connectivity index (χ1v) is 12.1. The van der Waals surface area contributed by atoms with Gasteiger partial charge in [0.1, 0.15) is 17.4 Å². The van der Waals surface area contributed by atoms with Crippen molar-refractivity contribution in [2.24, 2.45) is 5.73 Å². The molecular formula is C22H27FN4O4S. The Morgan fingerprint density at radius 1 is 1.19 bits per heavy atom. The molecule has 1 amide bonds. The molecule has 2 heterocycles. The lowest BCUT2D eigenvalue weighted by atomic mass is 10.0. The van der Waals surface area contributed by atoms with Crippen LogP contribution in [0.5, 0.6) is 0 Å². The first kappa shape index (κ1) is 23.7. The molecule has 32 heavy (non-hydrogen) atoms. The number of amides is 1. The molecule has 0 saturated heterocycles. The number of nitrogens with one attached hydrogen (secondary N) is 2. The van der Waals surface area contributed by atoms with Crippen molar-refractivity contribution in [3.63, 3.8) is 0 Å². The van der Waals surface area contributed by atoms with Gasteiger partial charge in [-0.1, -0.05) is 6.42 Å². The molecule has 8 nitrogen and oxygen atoms in total. The average molecular weight is 463 g/mol. The molecule has 10 heteroatoms. The Morgan fingerprint density at radius 2 is 1.91 bits per heavy atom. The van der Waals surface area contributed by atoms with Gasteiger partial charge < -0.3 is 15.5 Å². The van der Waals surface area contributed by atoms with Gasteiger partial charge in [-0.3, -0.25) is 9.52 Å². The summed E-state index contributed by atoms with van der Waals surface area (Å²) in [4.78, 5) is 17.1. The van der Waals surface area contributed by atoms with E-state index in [1.54, 1.807) is 6.07 Å². The molecule has 0 atom stereocenters. The van der Waals surface area contributed by atoms with Gasteiger partial charge in [0.05, 0.1) is 16.7 Å². The van der Waals surface area contributed by atoms with Crippen molar-refractivity contribution in [1.82, 2.24) is 10.3 Å². The number of halogens is 1. The van der Waals surface area contributed by atoms with Gasteiger partial charge in [0.2, 0.25) is 15.7 Å². The molecule has 0 aliphatic carbocycles. The number of aromatic nitrogens is 1. The Morgan fingerprint density at radius 3 is 2.53 bits per heavy atom. The first-order valence-electron chi connectivity index (χ1n) is 10.4. The highest BCUT2D eigenvalue weighted by Gasteiger charge is 2.25. The summed E-state index contributed by atoms with van der Waals surface area (Å²) >= 11 is 0. The number of fused-ring (bicyclic) bond motifs is 1. The third-order valence-electron chi connectivity index (χ3n) is 5.10. The number of unbranched alkanes of at least 4 members (excludes halogenated alkanes) is 2. The summed E-state index contributed by atoms with van der Waals surface area (Å²) in [6.07, 6.45) is 3.07. The van der Waals surface area contributed by atoms with Crippen LogP contribution in [0.25, 0.3) is 22.4 Å². The minimum Gasteiger partial charge on any atom is -0.437 e. The third-order valence-corrected chi connectivity index (χ3v) is 6.37. The number of nitrogens with two attached hydrogens (primary N) is 1.